The molecule has 0 aromatic carbocycles. The number of ether oxygens (including phenoxy) is 1. The van der Waals surface area contributed by atoms with Gasteiger partial charge in [-0.1, -0.05) is 0 Å². The Labute approximate surface area is 112 Å². The summed E-state index contributed by atoms with van der Waals surface area (Å²) < 4.78 is 4.99. The number of aliphatic carboxylic acids is 1. The summed E-state index contributed by atoms with van der Waals surface area (Å²) in [5.74, 6) is -0.119. The molecule has 0 bridgehead atoms. The van der Waals surface area contributed by atoms with Crippen LogP contribution in [0.25, 0.3) is 0 Å². The van der Waals surface area contributed by atoms with Crippen LogP contribution in [0.3, 0.4) is 0 Å². The Kier molecular flexibility index (Phi) is 4.29. The SMILES string of the molecule is COC(CNC(=O)NCC1(C2CC2)CC1)CC(=O)O. The molecule has 1 unspecified atom stereocenters. The molecule has 0 spiro atoms. The standard InChI is InChI=1S/C13H22N2O4/c1-19-10(6-11(16)17)7-14-12(18)15-8-13(4-5-13)9-2-3-9/h9-10H,2-8H2,1H3,(H,16,17)(H2,14,15,18). The number of hydrogen-bond donors (Lipinski definition) is 3. The van der Waals surface area contributed by atoms with E-state index in [1.165, 1.54) is 32.8 Å². The summed E-state index contributed by atoms with van der Waals surface area (Å²) in [4.78, 5) is 22.2. The Morgan fingerprint density at radius 2 is 2.05 bits per heavy atom. The molecular formula is C13H22N2O4. The number of urea groups is 1. The summed E-state index contributed by atoms with van der Waals surface area (Å²) in [5, 5.41) is 14.2. The summed E-state index contributed by atoms with van der Waals surface area (Å²) in [7, 11) is 1.44. The van der Waals surface area contributed by atoms with Gasteiger partial charge in [0.05, 0.1) is 12.5 Å². The average Bonchev–Trinajstić information content (AvgIpc) is 3.23. The molecule has 2 aliphatic carbocycles. The maximum atomic E-state index is 11.6. The monoisotopic (exact) mass is 270 g/mol. The first-order valence-corrected chi connectivity index (χ1v) is 6.82. The van der Waals surface area contributed by atoms with Crippen molar-refractivity contribution in [3.8, 4) is 0 Å². The lowest BCUT2D eigenvalue weighted by Crippen LogP contribution is -2.43. The predicted octanol–water partition coefficient (Wildman–Crippen LogP) is 0.965. The number of hydrogen-bond acceptors (Lipinski definition) is 3. The molecule has 19 heavy (non-hydrogen) atoms. The van der Waals surface area contributed by atoms with Crippen LogP contribution in [0, 0.1) is 11.3 Å². The quantitative estimate of drug-likeness (QED) is 0.613. The molecule has 0 heterocycles. The predicted molar refractivity (Wildman–Crippen MR) is 68.8 cm³/mol. The third-order valence-electron chi connectivity index (χ3n) is 4.16. The van der Waals surface area contributed by atoms with Crippen LogP contribution < -0.4 is 10.6 Å². The number of carbonyl (C=O) groups excluding carboxylic acids is 1. The number of rotatable bonds is 8. The van der Waals surface area contributed by atoms with Crippen LogP contribution in [0.4, 0.5) is 4.79 Å². The van der Waals surface area contributed by atoms with Crippen molar-refractivity contribution in [2.24, 2.45) is 11.3 Å². The van der Waals surface area contributed by atoms with E-state index in [4.69, 9.17) is 9.84 Å². The molecule has 0 aromatic rings. The number of carboxylic acid groups (broad SMARTS) is 1. The van der Waals surface area contributed by atoms with Crippen LogP contribution in [0.2, 0.25) is 0 Å². The number of carbonyl (C=O) groups is 2. The lowest BCUT2D eigenvalue weighted by atomic mass is 10.0. The largest absolute Gasteiger partial charge is 0.481 e. The van der Waals surface area contributed by atoms with Crippen molar-refractivity contribution in [1.29, 1.82) is 0 Å². The molecular weight excluding hydrogens is 248 g/mol. The van der Waals surface area contributed by atoms with Gasteiger partial charge in [-0.05, 0) is 37.0 Å². The molecule has 0 radical (unpaired) electrons. The molecule has 2 amide bonds. The summed E-state index contributed by atoms with van der Waals surface area (Å²) in [5.41, 5.74) is 0.374. The minimum Gasteiger partial charge on any atom is -0.481 e. The molecule has 2 aliphatic rings. The van der Waals surface area contributed by atoms with Gasteiger partial charge in [0, 0.05) is 20.2 Å². The van der Waals surface area contributed by atoms with E-state index >= 15 is 0 Å². The molecule has 108 valence electrons. The van der Waals surface area contributed by atoms with Gasteiger partial charge in [-0.15, -0.1) is 0 Å². The van der Waals surface area contributed by atoms with Crippen molar-refractivity contribution in [2.45, 2.75) is 38.2 Å². The Morgan fingerprint density at radius 3 is 2.53 bits per heavy atom. The van der Waals surface area contributed by atoms with Crippen LogP contribution in [0.1, 0.15) is 32.1 Å². The van der Waals surface area contributed by atoms with E-state index in [0.717, 1.165) is 12.5 Å². The number of amides is 2. The molecule has 2 fully saturated rings. The zero-order valence-corrected chi connectivity index (χ0v) is 11.3. The van der Waals surface area contributed by atoms with Gasteiger partial charge >= 0.3 is 12.0 Å². The summed E-state index contributed by atoms with van der Waals surface area (Å²) in [6, 6.07) is -0.237. The van der Waals surface area contributed by atoms with Crippen LogP contribution in [0.5, 0.6) is 0 Å². The molecule has 0 aliphatic heterocycles. The van der Waals surface area contributed by atoms with Gasteiger partial charge in [0.2, 0.25) is 0 Å². The van der Waals surface area contributed by atoms with E-state index in [0.29, 0.717) is 5.41 Å². The summed E-state index contributed by atoms with van der Waals surface area (Å²) in [6.45, 7) is 0.950. The third kappa shape index (κ3) is 4.09. The molecule has 2 rings (SSSR count). The highest BCUT2D eigenvalue weighted by atomic mass is 16.5. The first kappa shape index (κ1) is 14.1. The molecule has 2 saturated carbocycles. The molecule has 6 nitrogen and oxygen atoms in total. The molecule has 0 saturated heterocycles. The minimum absolute atomic E-state index is 0.108. The van der Waals surface area contributed by atoms with E-state index in [2.05, 4.69) is 10.6 Å². The highest BCUT2D eigenvalue weighted by Gasteiger charge is 2.53. The van der Waals surface area contributed by atoms with Crippen LogP contribution in [0.15, 0.2) is 0 Å². The van der Waals surface area contributed by atoms with Gasteiger partial charge in [-0.2, -0.15) is 0 Å². The fourth-order valence-corrected chi connectivity index (χ4v) is 2.54. The Bertz CT molecular complexity index is 351. The van der Waals surface area contributed by atoms with E-state index in [-0.39, 0.29) is 19.0 Å². The average molecular weight is 270 g/mol. The van der Waals surface area contributed by atoms with Gasteiger partial charge in [-0.25, -0.2) is 4.79 Å². The van der Waals surface area contributed by atoms with Gasteiger partial charge in [0.25, 0.3) is 0 Å². The maximum Gasteiger partial charge on any atom is 0.314 e. The minimum atomic E-state index is -0.931. The topological polar surface area (TPSA) is 87.7 Å². The van der Waals surface area contributed by atoms with Crippen molar-refractivity contribution in [3.63, 3.8) is 0 Å². The smallest absolute Gasteiger partial charge is 0.314 e. The second kappa shape index (κ2) is 5.77. The normalized spacial score (nSPS) is 21.5. The zero-order chi connectivity index (χ0) is 13.9. The van der Waals surface area contributed by atoms with E-state index < -0.39 is 12.1 Å². The maximum absolute atomic E-state index is 11.6. The Hall–Kier alpha value is -1.30. The zero-order valence-electron chi connectivity index (χ0n) is 11.3. The molecule has 3 N–H and O–H groups in total. The van der Waals surface area contributed by atoms with Crippen LogP contribution >= 0.6 is 0 Å². The van der Waals surface area contributed by atoms with E-state index in [1.54, 1.807) is 0 Å². The number of carboxylic acids is 1. The van der Waals surface area contributed by atoms with E-state index in [9.17, 15) is 9.59 Å². The fraction of sp³-hybridized carbons (Fsp3) is 0.846. The highest BCUT2D eigenvalue weighted by Crippen LogP contribution is 2.60. The van der Waals surface area contributed by atoms with Crippen molar-refractivity contribution in [3.05, 3.63) is 0 Å². The highest BCUT2D eigenvalue weighted by molar-refractivity contribution is 5.74. The van der Waals surface area contributed by atoms with Crippen molar-refractivity contribution in [1.82, 2.24) is 10.6 Å². The second-order valence-electron chi connectivity index (χ2n) is 5.66. The number of nitrogens with one attached hydrogen (secondary N) is 2. The van der Waals surface area contributed by atoms with Crippen molar-refractivity contribution in [2.75, 3.05) is 20.2 Å². The van der Waals surface area contributed by atoms with Crippen molar-refractivity contribution < 1.29 is 19.4 Å². The summed E-state index contributed by atoms with van der Waals surface area (Å²) >= 11 is 0. The lowest BCUT2D eigenvalue weighted by Gasteiger charge is -2.17. The van der Waals surface area contributed by atoms with Gasteiger partial charge in [0.15, 0.2) is 0 Å². The number of methoxy groups -OCH3 is 1. The van der Waals surface area contributed by atoms with Gasteiger partial charge in [0.1, 0.15) is 0 Å². The van der Waals surface area contributed by atoms with Crippen LogP contribution in [-0.2, 0) is 9.53 Å². The molecule has 6 heteroatoms. The fourth-order valence-electron chi connectivity index (χ4n) is 2.54. The molecule has 0 aromatic heterocycles. The van der Waals surface area contributed by atoms with Gasteiger partial charge in [-0.3, -0.25) is 4.79 Å². The first-order valence-electron chi connectivity index (χ1n) is 6.82. The Balaban J connectivity index is 1.62. The second-order valence-corrected chi connectivity index (χ2v) is 5.66. The molecule has 1 atom stereocenters. The van der Waals surface area contributed by atoms with Gasteiger partial charge < -0.3 is 20.5 Å². The third-order valence-corrected chi connectivity index (χ3v) is 4.16. The van der Waals surface area contributed by atoms with E-state index in [1.807, 2.05) is 0 Å². The first-order chi connectivity index (χ1) is 9.05. The Morgan fingerprint density at radius 1 is 1.37 bits per heavy atom. The van der Waals surface area contributed by atoms with Crippen molar-refractivity contribution >= 4 is 12.0 Å². The summed E-state index contributed by atoms with van der Waals surface area (Å²) in [6.07, 6.45) is 4.45. The van der Waals surface area contributed by atoms with Crippen LogP contribution in [-0.4, -0.2) is 43.4 Å². The lowest BCUT2D eigenvalue weighted by molar-refractivity contribution is -0.139.